The maximum absolute atomic E-state index is 4.87. The molecule has 50 valence electrons. The zero-order valence-corrected chi connectivity index (χ0v) is 6.18. The number of hydrogen-bond acceptors (Lipinski definition) is 4. The Balaban J connectivity index is 3.10. The summed E-state index contributed by atoms with van der Waals surface area (Å²) in [4.78, 5) is 9.50. The van der Waals surface area contributed by atoms with Gasteiger partial charge in [-0.25, -0.2) is 0 Å². The zero-order valence-electron chi connectivity index (χ0n) is 5.29. The van der Waals surface area contributed by atoms with Crippen LogP contribution in [0.2, 0.25) is 0 Å². The Kier molecular flexibility index (Phi) is 4.26. The van der Waals surface area contributed by atoms with Crippen molar-refractivity contribution in [1.29, 1.82) is 0 Å². The maximum atomic E-state index is 4.87. The van der Waals surface area contributed by atoms with Crippen LogP contribution in [0.1, 0.15) is 6.92 Å². The molecule has 0 amide bonds. The Labute approximate surface area is 54.9 Å². The van der Waals surface area contributed by atoms with Gasteiger partial charge in [-0.3, -0.25) is 9.68 Å². The van der Waals surface area contributed by atoms with Gasteiger partial charge in [0.2, 0.25) is 0 Å². The third kappa shape index (κ3) is 4.39. The SMILES string of the molecule is CON(C)OC(C)S. The third-order valence-corrected chi connectivity index (χ3v) is 0.652. The van der Waals surface area contributed by atoms with Gasteiger partial charge in [0.1, 0.15) is 5.44 Å². The average molecular weight is 137 g/mol. The Bertz CT molecular complexity index is 60.0. The van der Waals surface area contributed by atoms with Gasteiger partial charge >= 0.3 is 0 Å². The molecule has 0 spiro atoms. The van der Waals surface area contributed by atoms with Gasteiger partial charge in [0.25, 0.3) is 0 Å². The second kappa shape index (κ2) is 4.14. The molecule has 0 aliphatic rings. The van der Waals surface area contributed by atoms with Gasteiger partial charge in [-0.05, 0) is 6.92 Å². The zero-order chi connectivity index (χ0) is 6.57. The van der Waals surface area contributed by atoms with Gasteiger partial charge in [0.05, 0.1) is 7.11 Å². The predicted molar refractivity (Wildman–Crippen MR) is 34.3 cm³/mol. The first-order valence-corrected chi connectivity index (χ1v) is 2.81. The van der Waals surface area contributed by atoms with Crippen molar-refractivity contribution in [3.8, 4) is 0 Å². The van der Waals surface area contributed by atoms with Crippen molar-refractivity contribution in [3.63, 3.8) is 0 Å². The predicted octanol–water partition coefficient (Wildman–Crippen LogP) is 0.687. The van der Waals surface area contributed by atoms with E-state index in [0.29, 0.717) is 0 Å². The summed E-state index contributed by atoms with van der Waals surface area (Å²) in [7, 11) is 3.18. The fourth-order valence-corrected chi connectivity index (χ4v) is 0.391. The lowest BCUT2D eigenvalue weighted by molar-refractivity contribution is -0.344. The van der Waals surface area contributed by atoms with Gasteiger partial charge in [-0.1, -0.05) is 5.23 Å². The fraction of sp³-hybridized carbons (Fsp3) is 1.00. The molecule has 0 bridgehead atoms. The second-order valence-corrected chi connectivity index (χ2v) is 2.05. The molecule has 0 heterocycles. The number of hydroxylamine groups is 2. The van der Waals surface area contributed by atoms with Crippen LogP contribution in [0.25, 0.3) is 0 Å². The first kappa shape index (κ1) is 8.23. The van der Waals surface area contributed by atoms with Crippen LogP contribution in [0.3, 0.4) is 0 Å². The van der Waals surface area contributed by atoms with Crippen molar-refractivity contribution < 1.29 is 9.68 Å². The fourth-order valence-electron chi connectivity index (χ4n) is 0.258. The summed E-state index contributed by atoms with van der Waals surface area (Å²) in [6.45, 7) is 1.80. The van der Waals surface area contributed by atoms with E-state index in [-0.39, 0.29) is 5.44 Å². The van der Waals surface area contributed by atoms with Gasteiger partial charge in [0.15, 0.2) is 0 Å². The van der Waals surface area contributed by atoms with Crippen molar-refractivity contribution in [2.24, 2.45) is 0 Å². The average Bonchev–Trinajstić information content (AvgIpc) is 1.65. The van der Waals surface area contributed by atoms with Crippen molar-refractivity contribution >= 4 is 12.6 Å². The lowest BCUT2D eigenvalue weighted by atomic mass is 10.9. The molecule has 0 rings (SSSR count). The second-order valence-electron chi connectivity index (χ2n) is 1.33. The van der Waals surface area contributed by atoms with E-state index in [1.165, 1.54) is 12.3 Å². The van der Waals surface area contributed by atoms with Gasteiger partial charge in [-0.15, -0.1) is 12.6 Å². The minimum atomic E-state index is -0.125. The van der Waals surface area contributed by atoms with Crippen molar-refractivity contribution in [1.82, 2.24) is 5.23 Å². The third-order valence-electron chi connectivity index (χ3n) is 0.558. The highest BCUT2D eigenvalue weighted by Gasteiger charge is 1.97. The van der Waals surface area contributed by atoms with Crippen molar-refractivity contribution in [3.05, 3.63) is 0 Å². The summed E-state index contributed by atoms with van der Waals surface area (Å²) >= 11 is 3.95. The molecule has 0 saturated carbocycles. The Morgan fingerprint density at radius 3 is 2.25 bits per heavy atom. The molecule has 0 aromatic heterocycles. The summed E-state index contributed by atoms with van der Waals surface area (Å²) in [6.07, 6.45) is 0. The molecule has 0 aliphatic carbocycles. The molecule has 3 nitrogen and oxygen atoms in total. The first-order chi connectivity index (χ1) is 3.66. The van der Waals surface area contributed by atoms with E-state index < -0.39 is 0 Å². The van der Waals surface area contributed by atoms with E-state index in [4.69, 9.17) is 4.84 Å². The summed E-state index contributed by atoms with van der Waals surface area (Å²) in [5.74, 6) is 0. The molecule has 0 aromatic carbocycles. The van der Waals surface area contributed by atoms with Crippen LogP contribution in [-0.4, -0.2) is 24.8 Å². The minimum Gasteiger partial charge on any atom is -0.278 e. The van der Waals surface area contributed by atoms with Gasteiger partial charge in [-0.2, -0.15) is 0 Å². The molecule has 8 heavy (non-hydrogen) atoms. The first-order valence-electron chi connectivity index (χ1n) is 2.29. The number of nitrogens with zero attached hydrogens (tertiary/aromatic N) is 1. The van der Waals surface area contributed by atoms with E-state index >= 15 is 0 Å². The Morgan fingerprint density at radius 1 is 1.62 bits per heavy atom. The summed E-state index contributed by atoms with van der Waals surface area (Å²) in [5, 5.41) is 1.25. The number of rotatable bonds is 3. The molecular formula is C4H11NO2S. The van der Waals surface area contributed by atoms with Gasteiger partial charge < -0.3 is 0 Å². The number of thiol groups is 1. The van der Waals surface area contributed by atoms with Crippen LogP contribution >= 0.6 is 12.6 Å². The van der Waals surface area contributed by atoms with E-state index in [1.807, 2.05) is 0 Å². The molecule has 1 atom stereocenters. The van der Waals surface area contributed by atoms with Crippen LogP contribution in [-0.2, 0) is 9.68 Å². The van der Waals surface area contributed by atoms with E-state index in [1.54, 1.807) is 14.0 Å². The van der Waals surface area contributed by atoms with Crippen LogP contribution in [0.4, 0.5) is 0 Å². The monoisotopic (exact) mass is 137 g/mol. The van der Waals surface area contributed by atoms with Crippen molar-refractivity contribution in [2.75, 3.05) is 14.2 Å². The lowest BCUT2D eigenvalue weighted by Gasteiger charge is -2.14. The molecule has 0 fully saturated rings. The molecule has 0 N–H and O–H groups in total. The van der Waals surface area contributed by atoms with Crippen LogP contribution in [0, 0.1) is 0 Å². The normalized spacial score (nSPS) is 14.6. The largest absolute Gasteiger partial charge is 0.278 e. The molecule has 0 saturated heterocycles. The van der Waals surface area contributed by atoms with E-state index in [9.17, 15) is 0 Å². The van der Waals surface area contributed by atoms with Crippen LogP contribution < -0.4 is 0 Å². The Morgan fingerprint density at radius 2 is 2.12 bits per heavy atom. The van der Waals surface area contributed by atoms with Crippen LogP contribution in [0.15, 0.2) is 0 Å². The summed E-state index contributed by atoms with van der Waals surface area (Å²) < 4.78 is 0. The molecule has 1 unspecified atom stereocenters. The molecule has 4 heteroatoms. The van der Waals surface area contributed by atoms with Crippen LogP contribution in [0.5, 0.6) is 0 Å². The lowest BCUT2D eigenvalue weighted by Crippen LogP contribution is -2.20. The molecule has 0 aliphatic heterocycles. The highest BCUT2D eigenvalue weighted by Crippen LogP contribution is 1.96. The molecule has 0 radical (unpaired) electrons. The van der Waals surface area contributed by atoms with E-state index in [2.05, 4.69) is 17.5 Å². The summed E-state index contributed by atoms with van der Waals surface area (Å²) in [5.41, 5.74) is -0.125. The standard InChI is InChI=1S/C4H11NO2S/c1-4(8)7-5(2)6-3/h4,8H,1-3H3. The molecule has 0 aromatic rings. The molecular weight excluding hydrogens is 126 g/mol. The van der Waals surface area contributed by atoms with E-state index in [0.717, 1.165) is 0 Å². The highest BCUT2D eigenvalue weighted by molar-refractivity contribution is 7.80. The smallest absolute Gasteiger partial charge is 0.122 e. The topological polar surface area (TPSA) is 21.7 Å². The minimum absolute atomic E-state index is 0.125. The quantitative estimate of drug-likeness (QED) is 0.351. The summed E-state index contributed by atoms with van der Waals surface area (Å²) in [6, 6.07) is 0. The maximum Gasteiger partial charge on any atom is 0.122 e. The highest BCUT2D eigenvalue weighted by atomic mass is 32.1. The van der Waals surface area contributed by atoms with Gasteiger partial charge in [0, 0.05) is 7.05 Å². The van der Waals surface area contributed by atoms with Crippen molar-refractivity contribution in [2.45, 2.75) is 12.4 Å². The number of hydrogen-bond donors (Lipinski definition) is 1. The Hall–Kier alpha value is 0.230.